The standard InChI is InChI=1S/C4H3NO5/c6-3(7)1-2(5-10)4(8)9/h1H,(H,6,7)(H,8,9). The SMILES string of the molecule is O=NC(=CC(=O)O)C(=O)O. The largest absolute Gasteiger partial charge is 0.478 e. The molecule has 6 heteroatoms. The third kappa shape index (κ3) is 2.55. The highest BCUT2D eigenvalue weighted by molar-refractivity contribution is 5.94. The van der Waals surface area contributed by atoms with Crippen LogP contribution >= 0.6 is 0 Å². The van der Waals surface area contributed by atoms with Gasteiger partial charge in [-0.2, -0.15) is 0 Å². The van der Waals surface area contributed by atoms with Crippen molar-refractivity contribution in [3.8, 4) is 0 Å². The normalized spacial score (nSPS) is 10.6. The van der Waals surface area contributed by atoms with E-state index in [1.54, 1.807) is 0 Å². The maximum absolute atomic E-state index is 9.84. The van der Waals surface area contributed by atoms with E-state index < -0.39 is 17.6 Å². The summed E-state index contributed by atoms with van der Waals surface area (Å²) in [5.74, 6) is -3.17. The summed E-state index contributed by atoms with van der Waals surface area (Å²) in [4.78, 5) is 29.1. The molecule has 0 aromatic carbocycles. The number of hydrogen-bond acceptors (Lipinski definition) is 4. The topological polar surface area (TPSA) is 104 Å². The lowest BCUT2D eigenvalue weighted by Crippen LogP contribution is -2.00. The van der Waals surface area contributed by atoms with Crippen molar-refractivity contribution in [2.45, 2.75) is 0 Å². The highest BCUT2D eigenvalue weighted by Crippen LogP contribution is 1.94. The number of aliphatic carboxylic acids is 2. The van der Waals surface area contributed by atoms with Crippen LogP contribution in [-0.2, 0) is 9.59 Å². The highest BCUT2D eigenvalue weighted by Gasteiger charge is 2.08. The van der Waals surface area contributed by atoms with E-state index in [9.17, 15) is 14.5 Å². The van der Waals surface area contributed by atoms with Gasteiger partial charge >= 0.3 is 11.9 Å². The third-order valence-corrected chi connectivity index (χ3v) is 0.578. The molecule has 0 radical (unpaired) electrons. The first-order valence-corrected chi connectivity index (χ1v) is 2.09. The number of rotatable bonds is 3. The summed E-state index contributed by atoms with van der Waals surface area (Å²) in [7, 11) is 0. The van der Waals surface area contributed by atoms with Crippen LogP contribution in [0.4, 0.5) is 0 Å². The Balaban J connectivity index is 4.49. The van der Waals surface area contributed by atoms with Crippen LogP contribution in [0.2, 0.25) is 0 Å². The van der Waals surface area contributed by atoms with Crippen molar-refractivity contribution in [3.05, 3.63) is 16.7 Å². The zero-order chi connectivity index (χ0) is 8.15. The Kier molecular flexibility index (Phi) is 2.76. The number of nitrogens with zero attached hydrogens (tertiary/aromatic N) is 1. The second-order valence-corrected chi connectivity index (χ2v) is 1.26. The van der Waals surface area contributed by atoms with Crippen molar-refractivity contribution in [2.75, 3.05) is 0 Å². The van der Waals surface area contributed by atoms with Crippen LogP contribution in [0, 0.1) is 4.91 Å². The molecule has 0 aromatic heterocycles. The summed E-state index contributed by atoms with van der Waals surface area (Å²) in [5.41, 5.74) is -1.02. The van der Waals surface area contributed by atoms with Gasteiger partial charge in [-0.1, -0.05) is 0 Å². The molecule has 0 atom stereocenters. The van der Waals surface area contributed by atoms with Crippen molar-refractivity contribution < 1.29 is 19.8 Å². The van der Waals surface area contributed by atoms with Crippen LogP contribution in [0.1, 0.15) is 0 Å². The summed E-state index contributed by atoms with van der Waals surface area (Å²) in [6.45, 7) is 0. The predicted molar refractivity (Wildman–Crippen MR) is 29.1 cm³/mol. The number of carbonyl (C=O) groups is 2. The molecule has 0 rings (SSSR count). The molecule has 0 saturated carbocycles. The lowest BCUT2D eigenvalue weighted by atomic mass is 10.4. The van der Waals surface area contributed by atoms with Gasteiger partial charge < -0.3 is 10.2 Å². The zero-order valence-electron chi connectivity index (χ0n) is 4.64. The fraction of sp³-hybridized carbons (Fsp3) is 0. The minimum absolute atomic E-state index is 0.218. The molecule has 0 amide bonds. The summed E-state index contributed by atoms with van der Waals surface area (Å²) < 4.78 is 0. The molecule has 0 aliphatic carbocycles. The van der Waals surface area contributed by atoms with Gasteiger partial charge in [-0.25, -0.2) is 9.59 Å². The molecular formula is C4H3NO5. The van der Waals surface area contributed by atoms with Gasteiger partial charge in [-0.05, 0) is 5.18 Å². The maximum Gasteiger partial charge on any atom is 0.358 e. The number of hydrogen-bond donors (Lipinski definition) is 2. The lowest BCUT2D eigenvalue weighted by molar-refractivity contribution is -0.135. The number of carboxylic acid groups (broad SMARTS) is 2. The first-order valence-electron chi connectivity index (χ1n) is 2.09. The predicted octanol–water partition coefficient (Wildman–Crippen LogP) is -0.194. The molecule has 2 N–H and O–H groups in total. The van der Waals surface area contributed by atoms with Crippen LogP contribution in [0.15, 0.2) is 16.9 Å². The zero-order valence-corrected chi connectivity index (χ0v) is 4.64. The second-order valence-electron chi connectivity index (χ2n) is 1.26. The smallest absolute Gasteiger partial charge is 0.358 e. The number of carboxylic acids is 2. The van der Waals surface area contributed by atoms with E-state index >= 15 is 0 Å². The van der Waals surface area contributed by atoms with Crippen molar-refractivity contribution in [2.24, 2.45) is 5.18 Å². The lowest BCUT2D eigenvalue weighted by Gasteiger charge is -1.83. The minimum atomic E-state index is -1.66. The van der Waals surface area contributed by atoms with Crippen molar-refractivity contribution >= 4 is 11.9 Å². The van der Waals surface area contributed by atoms with Crippen molar-refractivity contribution in [1.82, 2.24) is 0 Å². The first-order chi connectivity index (χ1) is 4.57. The van der Waals surface area contributed by atoms with Gasteiger partial charge in [0.1, 0.15) is 0 Å². The molecule has 0 aliphatic heterocycles. The van der Waals surface area contributed by atoms with E-state index in [4.69, 9.17) is 10.2 Å². The van der Waals surface area contributed by atoms with Gasteiger partial charge in [0, 0.05) is 0 Å². The van der Waals surface area contributed by atoms with Crippen molar-refractivity contribution in [3.63, 3.8) is 0 Å². The minimum Gasteiger partial charge on any atom is -0.478 e. The molecule has 0 spiro atoms. The average Bonchev–Trinajstić information content (AvgIpc) is 1.81. The molecule has 0 aliphatic rings. The highest BCUT2D eigenvalue weighted by atomic mass is 16.4. The Labute approximate surface area is 54.8 Å². The Morgan fingerprint density at radius 3 is 1.90 bits per heavy atom. The molecule has 0 saturated heterocycles. The summed E-state index contributed by atoms with van der Waals surface area (Å²) in [6, 6.07) is 0. The summed E-state index contributed by atoms with van der Waals surface area (Å²) in [6.07, 6.45) is 0.218. The molecule has 10 heavy (non-hydrogen) atoms. The third-order valence-electron chi connectivity index (χ3n) is 0.578. The van der Waals surface area contributed by atoms with Gasteiger partial charge in [0.05, 0.1) is 6.08 Å². The fourth-order valence-corrected chi connectivity index (χ4v) is 0.244. The maximum atomic E-state index is 9.84. The summed E-state index contributed by atoms with van der Waals surface area (Å²) in [5, 5.41) is 17.9. The van der Waals surface area contributed by atoms with Crippen LogP contribution in [0.25, 0.3) is 0 Å². The van der Waals surface area contributed by atoms with Crippen LogP contribution in [0.5, 0.6) is 0 Å². The first kappa shape index (κ1) is 8.28. The molecule has 0 bridgehead atoms. The molecule has 0 heterocycles. The number of nitroso groups, excluding NO2 is 1. The quantitative estimate of drug-likeness (QED) is 0.422. The molecule has 6 nitrogen and oxygen atoms in total. The Morgan fingerprint density at radius 2 is 1.80 bits per heavy atom. The van der Waals surface area contributed by atoms with Gasteiger partial charge in [0.2, 0.25) is 0 Å². The fourth-order valence-electron chi connectivity index (χ4n) is 0.244. The molecular weight excluding hydrogens is 142 g/mol. The van der Waals surface area contributed by atoms with Crippen LogP contribution in [-0.4, -0.2) is 22.2 Å². The van der Waals surface area contributed by atoms with Crippen molar-refractivity contribution in [1.29, 1.82) is 0 Å². The van der Waals surface area contributed by atoms with E-state index in [2.05, 4.69) is 0 Å². The Bertz CT molecular complexity index is 206. The van der Waals surface area contributed by atoms with E-state index in [1.807, 2.05) is 5.18 Å². The second kappa shape index (κ2) is 3.33. The van der Waals surface area contributed by atoms with Gasteiger partial charge in [-0.3, -0.25) is 0 Å². The molecule has 54 valence electrons. The molecule has 0 aromatic rings. The van der Waals surface area contributed by atoms with E-state index in [0.29, 0.717) is 0 Å². The van der Waals surface area contributed by atoms with Crippen LogP contribution < -0.4 is 0 Å². The monoisotopic (exact) mass is 145 g/mol. The van der Waals surface area contributed by atoms with Gasteiger partial charge in [0.25, 0.3) is 0 Å². The van der Waals surface area contributed by atoms with Crippen LogP contribution in [0.3, 0.4) is 0 Å². The van der Waals surface area contributed by atoms with Gasteiger partial charge in [0.15, 0.2) is 5.70 Å². The Morgan fingerprint density at radius 1 is 1.30 bits per heavy atom. The Hall–Kier alpha value is -1.72. The summed E-state index contributed by atoms with van der Waals surface area (Å²) >= 11 is 0. The molecule has 0 unspecified atom stereocenters. The average molecular weight is 145 g/mol. The molecule has 0 fully saturated rings. The van der Waals surface area contributed by atoms with E-state index in [1.165, 1.54) is 0 Å². The van der Waals surface area contributed by atoms with Gasteiger partial charge in [-0.15, -0.1) is 4.91 Å². The van der Waals surface area contributed by atoms with E-state index in [-0.39, 0.29) is 6.08 Å². The van der Waals surface area contributed by atoms with E-state index in [0.717, 1.165) is 0 Å².